The lowest BCUT2D eigenvalue weighted by Crippen LogP contribution is -2.49. The monoisotopic (exact) mass is 252 g/mol. The van der Waals surface area contributed by atoms with E-state index in [1.165, 1.54) is 19.3 Å². The SMILES string of the molecule is CCCCCB1O[C@@H]2C[C@H](C)C(C)(C)C[C@]2(C)O1. The molecule has 0 amide bonds. The average molecular weight is 252 g/mol. The molecule has 18 heavy (non-hydrogen) atoms. The topological polar surface area (TPSA) is 18.5 Å². The molecule has 0 aromatic carbocycles. The second kappa shape index (κ2) is 5.17. The van der Waals surface area contributed by atoms with Gasteiger partial charge in [-0.15, -0.1) is 0 Å². The summed E-state index contributed by atoms with van der Waals surface area (Å²) in [5.74, 6) is 0.716. The Labute approximate surface area is 113 Å². The summed E-state index contributed by atoms with van der Waals surface area (Å²) in [4.78, 5) is 0. The quantitative estimate of drug-likeness (QED) is 0.548. The largest absolute Gasteiger partial charge is 0.457 e. The van der Waals surface area contributed by atoms with Crippen molar-refractivity contribution in [2.45, 2.75) is 84.7 Å². The van der Waals surface area contributed by atoms with Crippen molar-refractivity contribution >= 4 is 7.12 Å². The number of unbranched alkanes of at least 4 members (excludes halogenated alkanes) is 2. The fraction of sp³-hybridized carbons (Fsp3) is 1.00. The molecular formula is C15H29BO2. The van der Waals surface area contributed by atoms with Crippen LogP contribution in [0, 0.1) is 11.3 Å². The van der Waals surface area contributed by atoms with Gasteiger partial charge in [-0.05, 0) is 37.4 Å². The van der Waals surface area contributed by atoms with Crippen LogP contribution in [0.1, 0.15) is 66.7 Å². The van der Waals surface area contributed by atoms with E-state index in [1.807, 2.05) is 0 Å². The smallest absolute Gasteiger partial charge is 0.405 e. The minimum atomic E-state index is -0.0487. The molecule has 0 aromatic heterocycles. The van der Waals surface area contributed by atoms with Crippen LogP contribution < -0.4 is 0 Å². The molecule has 2 nitrogen and oxygen atoms in total. The van der Waals surface area contributed by atoms with Gasteiger partial charge in [0.25, 0.3) is 0 Å². The Morgan fingerprint density at radius 2 is 1.94 bits per heavy atom. The molecule has 104 valence electrons. The lowest BCUT2D eigenvalue weighted by molar-refractivity contribution is -0.0575. The fourth-order valence-corrected chi connectivity index (χ4v) is 3.60. The van der Waals surface area contributed by atoms with Crippen molar-refractivity contribution in [3.8, 4) is 0 Å². The number of rotatable bonds is 4. The summed E-state index contributed by atoms with van der Waals surface area (Å²) in [6, 6.07) is 0. The molecule has 2 fully saturated rings. The van der Waals surface area contributed by atoms with Crippen LogP contribution in [0.3, 0.4) is 0 Å². The van der Waals surface area contributed by atoms with E-state index in [0.717, 1.165) is 19.2 Å². The highest BCUT2D eigenvalue weighted by Crippen LogP contribution is 2.50. The third-order valence-electron chi connectivity index (χ3n) is 5.15. The van der Waals surface area contributed by atoms with Gasteiger partial charge in [-0.1, -0.05) is 47.0 Å². The lowest BCUT2D eigenvalue weighted by Gasteiger charge is -2.47. The van der Waals surface area contributed by atoms with Crippen LogP contribution in [0.4, 0.5) is 0 Å². The van der Waals surface area contributed by atoms with E-state index in [1.54, 1.807) is 0 Å². The summed E-state index contributed by atoms with van der Waals surface area (Å²) in [7, 11) is 0.0487. The van der Waals surface area contributed by atoms with Crippen LogP contribution in [0.25, 0.3) is 0 Å². The van der Waals surface area contributed by atoms with Crippen molar-refractivity contribution in [2.75, 3.05) is 0 Å². The Bertz CT molecular complexity index is 292. The van der Waals surface area contributed by atoms with Crippen molar-refractivity contribution in [1.29, 1.82) is 0 Å². The first-order valence-corrected chi connectivity index (χ1v) is 7.70. The third-order valence-corrected chi connectivity index (χ3v) is 5.15. The molecule has 0 N–H and O–H groups in total. The Morgan fingerprint density at radius 1 is 1.22 bits per heavy atom. The summed E-state index contributed by atoms with van der Waals surface area (Å²) >= 11 is 0. The van der Waals surface area contributed by atoms with E-state index in [2.05, 4.69) is 34.6 Å². The van der Waals surface area contributed by atoms with Gasteiger partial charge in [-0.2, -0.15) is 0 Å². The summed E-state index contributed by atoms with van der Waals surface area (Å²) in [5.41, 5.74) is 0.319. The van der Waals surface area contributed by atoms with E-state index < -0.39 is 0 Å². The lowest BCUT2D eigenvalue weighted by atomic mass is 9.63. The second-order valence-electron chi connectivity index (χ2n) is 7.28. The van der Waals surface area contributed by atoms with Crippen molar-refractivity contribution < 1.29 is 9.31 Å². The summed E-state index contributed by atoms with van der Waals surface area (Å²) < 4.78 is 12.4. The minimum Gasteiger partial charge on any atom is -0.405 e. The third kappa shape index (κ3) is 2.77. The number of hydrogen-bond donors (Lipinski definition) is 0. The molecule has 1 aliphatic carbocycles. The molecule has 0 aromatic rings. The molecule has 1 heterocycles. The second-order valence-corrected chi connectivity index (χ2v) is 7.28. The molecule has 2 rings (SSSR count). The predicted octanol–water partition coefficient (Wildman–Crippen LogP) is 4.30. The van der Waals surface area contributed by atoms with Gasteiger partial charge < -0.3 is 9.31 Å². The van der Waals surface area contributed by atoms with Gasteiger partial charge in [0.1, 0.15) is 0 Å². The molecule has 0 radical (unpaired) electrons. The number of hydrogen-bond acceptors (Lipinski definition) is 2. The van der Waals surface area contributed by atoms with E-state index in [4.69, 9.17) is 9.31 Å². The van der Waals surface area contributed by atoms with Crippen LogP contribution >= 0.6 is 0 Å². The first kappa shape index (κ1) is 14.4. The van der Waals surface area contributed by atoms with Gasteiger partial charge in [0, 0.05) is 0 Å². The van der Waals surface area contributed by atoms with Gasteiger partial charge >= 0.3 is 7.12 Å². The highest BCUT2D eigenvalue weighted by atomic mass is 16.7. The molecule has 2 aliphatic rings. The van der Waals surface area contributed by atoms with Crippen molar-refractivity contribution in [3.63, 3.8) is 0 Å². The highest BCUT2D eigenvalue weighted by molar-refractivity contribution is 6.45. The molecule has 1 aliphatic heterocycles. The minimum absolute atomic E-state index is 0.0487. The zero-order valence-electron chi connectivity index (χ0n) is 12.8. The highest BCUT2D eigenvalue weighted by Gasteiger charge is 2.54. The maximum atomic E-state index is 6.26. The molecule has 3 atom stereocenters. The normalized spacial score (nSPS) is 38.8. The maximum Gasteiger partial charge on any atom is 0.457 e. The molecule has 1 saturated heterocycles. The van der Waals surface area contributed by atoms with Gasteiger partial charge in [-0.3, -0.25) is 0 Å². The van der Waals surface area contributed by atoms with Crippen molar-refractivity contribution in [2.24, 2.45) is 11.3 Å². The van der Waals surface area contributed by atoms with E-state index in [0.29, 0.717) is 17.4 Å². The van der Waals surface area contributed by atoms with Gasteiger partial charge in [-0.25, -0.2) is 0 Å². The van der Waals surface area contributed by atoms with Crippen LogP contribution in [-0.2, 0) is 9.31 Å². The first-order chi connectivity index (χ1) is 8.37. The van der Waals surface area contributed by atoms with Crippen molar-refractivity contribution in [3.05, 3.63) is 0 Å². The number of fused-ring (bicyclic) bond motifs is 1. The van der Waals surface area contributed by atoms with Gasteiger partial charge in [0.15, 0.2) is 0 Å². The van der Waals surface area contributed by atoms with E-state index >= 15 is 0 Å². The molecule has 0 bridgehead atoms. The zero-order chi connectivity index (χ0) is 13.4. The Morgan fingerprint density at radius 3 is 2.61 bits per heavy atom. The predicted molar refractivity (Wildman–Crippen MR) is 76.6 cm³/mol. The van der Waals surface area contributed by atoms with Crippen LogP contribution in [0.2, 0.25) is 6.32 Å². The van der Waals surface area contributed by atoms with Crippen LogP contribution in [0.5, 0.6) is 0 Å². The Hall–Kier alpha value is -0.0151. The summed E-state index contributed by atoms with van der Waals surface area (Å²) in [6.07, 6.45) is 7.41. The first-order valence-electron chi connectivity index (χ1n) is 7.70. The van der Waals surface area contributed by atoms with Crippen LogP contribution in [-0.4, -0.2) is 18.8 Å². The standard InChI is InChI=1S/C15H29BO2/c1-6-7-8-9-16-17-13-10-12(2)14(3,4)11-15(13,5)18-16/h12-13H,6-11H2,1-5H3/t12-,13+,15-/m0/s1. The molecule has 0 spiro atoms. The van der Waals surface area contributed by atoms with Crippen LogP contribution in [0.15, 0.2) is 0 Å². The maximum absolute atomic E-state index is 6.26. The molecule has 0 unspecified atom stereocenters. The average Bonchev–Trinajstić information content (AvgIpc) is 2.54. The Balaban J connectivity index is 1.95. The Kier molecular flexibility index (Phi) is 4.13. The zero-order valence-corrected chi connectivity index (χ0v) is 12.8. The molecule has 3 heteroatoms. The summed E-state index contributed by atoms with van der Waals surface area (Å²) in [6.45, 7) is 11.6. The summed E-state index contributed by atoms with van der Waals surface area (Å²) in [5, 5.41) is 0. The van der Waals surface area contributed by atoms with E-state index in [-0.39, 0.29) is 12.7 Å². The molecule has 1 saturated carbocycles. The van der Waals surface area contributed by atoms with Gasteiger partial charge in [0.05, 0.1) is 11.7 Å². The molecular weight excluding hydrogens is 223 g/mol. The fourth-order valence-electron chi connectivity index (χ4n) is 3.60. The van der Waals surface area contributed by atoms with Crippen molar-refractivity contribution in [1.82, 2.24) is 0 Å². The van der Waals surface area contributed by atoms with E-state index in [9.17, 15) is 0 Å². The van der Waals surface area contributed by atoms with Gasteiger partial charge in [0.2, 0.25) is 0 Å².